The number of nitrogens with zero attached hydrogens (tertiary/aromatic N) is 2. The first-order valence-corrected chi connectivity index (χ1v) is 7.36. The van der Waals surface area contributed by atoms with Gasteiger partial charge in [0, 0.05) is 13.1 Å². The van der Waals surface area contributed by atoms with Gasteiger partial charge in [0.15, 0.2) is 0 Å². The van der Waals surface area contributed by atoms with Crippen molar-refractivity contribution >= 4 is 5.69 Å². The summed E-state index contributed by atoms with van der Waals surface area (Å²) in [4.78, 5) is 2.13. The van der Waals surface area contributed by atoms with Gasteiger partial charge in [0.05, 0.1) is 17.3 Å². The van der Waals surface area contributed by atoms with Crippen molar-refractivity contribution in [3.63, 3.8) is 0 Å². The monoisotopic (exact) mass is 274 g/mol. The Morgan fingerprint density at radius 2 is 2.00 bits per heavy atom. The quantitative estimate of drug-likeness (QED) is 0.761. The Balaban J connectivity index is 2.13. The minimum atomic E-state index is -0.279. The molecule has 2 nitrogen and oxygen atoms in total. The van der Waals surface area contributed by atoms with Gasteiger partial charge in [-0.2, -0.15) is 5.26 Å². The molecule has 1 aromatic carbocycles. The van der Waals surface area contributed by atoms with Crippen LogP contribution in [0.2, 0.25) is 0 Å². The Hall–Kier alpha value is -1.56. The fraction of sp³-hybridized carbons (Fsp3) is 0.588. The Labute approximate surface area is 121 Å². The molecule has 1 atom stereocenters. The Bertz CT molecular complexity index is 511. The van der Waals surface area contributed by atoms with Gasteiger partial charge in [-0.15, -0.1) is 0 Å². The standard InChI is InChI=1S/C17H23FN2/c1-17(2,3)14-5-4-9-20(10-8-14)16-7-6-13(12-19)11-15(16)18/h6-7,11,14H,4-5,8-10H2,1-3H3. The highest BCUT2D eigenvalue weighted by Crippen LogP contribution is 2.35. The van der Waals surface area contributed by atoms with Crippen molar-refractivity contribution in [3.05, 3.63) is 29.6 Å². The van der Waals surface area contributed by atoms with Crippen molar-refractivity contribution in [1.82, 2.24) is 0 Å². The van der Waals surface area contributed by atoms with Crippen molar-refractivity contribution in [2.75, 3.05) is 18.0 Å². The van der Waals surface area contributed by atoms with Crippen LogP contribution < -0.4 is 4.90 Å². The summed E-state index contributed by atoms with van der Waals surface area (Å²) in [6.07, 6.45) is 3.40. The van der Waals surface area contributed by atoms with E-state index in [9.17, 15) is 4.39 Å². The zero-order valence-corrected chi connectivity index (χ0v) is 12.6. The highest BCUT2D eigenvalue weighted by atomic mass is 19.1. The maximum absolute atomic E-state index is 14.1. The summed E-state index contributed by atoms with van der Waals surface area (Å²) in [5.74, 6) is 0.409. The molecule has 0 amide bonds. The molecule has 1 aliphatic rings. The molecule has 0 saturated carbocycles. The molecule has 1 aliphatic heterocycles. The summed E-state index contributed by atoms with van der Waals surface area (Å²) < 4.78 is 14.1. The Morgan fingerprint density at radius 1 is 1.25 bits per heavy atom. The molecule has 0 bridgehead atoms. The summed E-state index contributed by atoms with van der Waals surface area (Å²) in [6, 6.07) is 6.75. The van der Waals surface area contributed by atoms with Gasteiger partial charge in [-0.25, -0.2) is 4.39 Å². The van der Waals surface area contributed by atoms with Gasteiger partial charge in [-0.05, 0) is 48.8 Å². The molecule has 108 valence electrons. The van der Waals surface area contributed by atoms with Crippen molar-refractivity contribution in [1.29, 1.82) is 5.26 Å². The first kappa shape index (κ1) is 14.8. The third-order valence-electron chi connectivity index (χ3n) is 4.37. The summed E-state index contributed by atoms with van der Waals surface area (Å²) in [7, 11) is 0. The minimum Gasteiger partial charge on any atom is -0.369 e. The van der Waals surface area contributed by atoms with Crippen molar-refractivity contribution in [3.8, 4) is 6.07 Å². The van der Waals surface area contributed by atoms with Crippen LogP contribution in [0.1, 0.15) is 45.6 Å². The van der Waals surface area contributed by atoms with E-state index < -0.39 is 0 Å². The van der Waals surface area contributed by atoms with Gasteiger partial charge in [-0.3, -0.25) is 0 Å². The number of anilines is 1. The van der Waals surface area contributed by atoms with Crippen molar-refractivity contribution < 1.29 is 4.39 Å². The fourth-order valence-corrected chi connectivity index (χ4v) is 3.04. The van der Waals surface area contributed by atoms with E-state index in [0.717, 1.165) is 25.9 Å². The normalized spacial score (nSPS) is 20.4. The second kappa shape index (κ2) is 5.83. The van der Waals surface area contributed by atoms with E-state index in [1.165, 1.54) is 12.5 Å². The summed E-state index contributed by atoms with van der Waals surface area (Å²) >= 11 is 0. The van der Waals surface area contributed by atoms with Crippen LogP contribution in [0, 0.1) is 28.5 Å². The third-order valence-corrected chi connectivity index (χ3v) is 4.37. The van der Waals surface area contributed by atoms with Crippen LogP contribution in [0.3, 0.4) is 0 Å². The summed E-state index contributed by atoms with van der Waals surface area (Å²) in [5, 5.41) is 8.80. The average Bonchev–Trinajstić information content (AvgIpc) is 2.63. The van der Waals surface area contributed by atoms with Crippen LogP contribution in [-0.4, -0.2) is 13.1 Å². The maximum atomic E-state index is 14.1. The van der Waals surface area contributed by atoms with E-state index in [2.05, 4.69) is 25.7 Å². The predicted octanol–water partition coefficient (Wildman–Crippen LogP) is 4.35. The van der Waals surface area contributed by atoms with Crippen LogP contribution in [-0.2, 0) is 0 Å². The third kappa shape index (κ3) is 3.30. The van der Waals surface area contributed by atoms with Crippen molar-refractivity contribution in [2.24, 2.45) is 11.3 Å². The molecule has 20 heavy (non-hydrogen) atoms. The molecular formula is C17H23FN2. The molecule has 1 saturated heterocycles. The lowest BCUT2D eigenvalue weighted by Crippen LogP contribution is -2.26. The number of hydrogen-bond donors (Lipinski definition) is 0. The molecular weight excluding hydrogens is 251 g/mol. The van der Waals surface area contributed by atoms with Crippen LogP contribution >= 0.6 is 0 Å². The summed E-state index contributed by atoms with van der Waals surface area (Å²) in [6.45, 7) is 8.65. The number of nitriles is 1. The molecule has 3 heteroatoms. The van der Waals surface area contributed by atoms with Gasteiger partial charge in [0.2, 0.25) is 0 Å². The van der Waals surface area contributed by atoms with Gasteiger partial charge in [-0.1, -0.05) is 20.8 Å². The lowest BCUT2D eigenvalue weighted by molar-refractivity contribution is 0.220. The number of hydrogen-bond acceptors (Lipinski definition) is 2. The van der Waals surface area contributed by atoms with Crippen LogP contribution in [0.25, 0.3) is 0 Å². The molecule has 0 radical (unpaired) electrons. The lowest BCUT2D eigenvalue weighted by Gasteiger charge is -2.30. The zero-order chi connectivity index (χ0) is 14.8. The van der Waals surface area contributed by atoms with E-state index in [1.54, 1.807) is 12.1 Å². The number of rotatable bonds is 1. The second-order valence-electron chi connectivity index (χ2n) is 6.76. The van der Waals surface area contributed by atoms with E-state index in [-0.39, 0.29) is 5.82 Å². The molecule has 0 spiro atoms. The zero-order valence-electron chi connectivity index (χ0n) is 12.6. The molecule has 1 aromatic rings. The molecule has 0 aliphatic carbocycles. The molecule has 1 heterocycles. The summed E-state index contributed by atoms with van der Waals surface area (Å²) in [5.41, 5.74) is 1.34. The highest BCUT2D eigenvalue weighted by Gasteiger charge is 2.27. The largest absolute Gasteiger partial charge is 0.369 e. The van der Waals surface area contributed by atoms with Gasteiger partial charge < -0.3 is 4.90 Å². The highest BCUT2D eigenvalue weighted by molar-refractivity contribution is 5.51. The van der Waals surface area contributed by atoms with Crippen LogP contribution in [0.4, 0.5) is 10.1 Å². The molecule has 1 fully saturated rings. The smallest absolute Gasteiger partial charge is 0.147 e. The molecule has 2 rings (SSSR count). The van der Waals surface area contributed by atoms with Crippen molar-refractivity contribution in [2.45, 2.75) is 40.0 Å². The molecule has 0 aromatic heterocycles. The molecule has 1 unspecified atom stereocenters. The number of halogens is 1. The van der Waals surface area contributed by atoms with Crippen LogP contribution in [0.15, 0.2) is 18.2 Å². The minimum absolute atomic E-state index is 0.279. The first-order chi connectivity index (χ1) is 9.41. The topological polar surface area (TPSA) is 27.0 Å². The number of benzene rings is 1. The predicted molar refractivity (Wildman–Crippen MR) is 80.1 cm³/mol. The lowest BCUT2D eigenvalue weighted by atomic mass is 9.77. The van der Waals surface area contributed by atoms with E-state index in [0.29, 0.717) is 22.6 Å². The SMILES string of the molecule is CC(C)(C)C1CCCN(c2ccc(C#N)cc2F)CC1. The van der Waals surface area contributed by atoms with E-state index in [4.69, 9.17) is 5.26 Å². The first-order valence-electron chi connectivity index (χ1n) is 7.36. The molecule has 0 N–H and O–H groups in total. The Kier molecular flexibility index (Phi) is 4.32. The Morgan fingerprint density at radius 3 is 2.60 bits per heavy atom. The fourth-order valence-electron chi connectivity index (χ4n) is 3.04. The van der Waals surface area contributed by atoms with Gasteiger partial charge in [0.25, 0.3) is 0 Å². The van der Waals surface area contributed by atoms with Crippen LogP contribution in [0.5, 0.6) is 0 Å². The maximum Gasteiger partial charge on any atom is 0.147 e. The second-order valence-corrected chi connectivity index (χ2v) is 6.76. The van der Waals surface area contributed by atoms with E-state index in [1.807, 2.05) is 6.07 Å². The van der Waals surface area contributed by atoms with E-state index >= 15 is 0 Å². The average molecular weight is 274 g/mol. The van der Waals surface area contributed by atoms with Gasteiger partial charge in [0.1, 0.15) is 5.82 Å². The van der Waals surface area contributed by atoms with Gasteiger partial charge >= 0.3 is 0 Å².